The van der Waals surface area contributed by atoms with E-state index in [4.69, 9.17) is 4.74 Å². The molecule has 1 aromatic heterocycles. The number of phenols is 2. The number of amides is 2. The van der Waals surface area contributed by atoms with Gasteiger partial charge in [-0.3, -0.25) is 9.59 Å². The summed E-state index contributed by atoms with van der Waals surface area (Å²) in [6.45, 7) is 2.61. The number of rotatable bonds is 9. The number of hydrogen-bond acceptors (Lipinski definition) is 11. The van der Waals surface area contributed by atoms with Crippen LogP contribution in [-0.2, 0) is 15.2 Å². The second-order valence-electron chi connectivity index (χ2n) is 9.07. The van der Waals surface area contributed by atoms with E-state index in [-0.39, 0.29) is 44.9 Å². The van der Waals surface area contributed by atoms with Gasteiger partial charge in [0.2, 0.25) is 5.91 Å². The molecule has 0 saturated carbocycles. The summed E-state index contributed by atoms with van der Waals surface area (Å²) in [5.41, 5.74) is -2.38. The van der Waals surface area contributed by atoms with Gasteiger partial charge in [0.1, 0.15) is 6.04 Å². The van der Waals surface area contributed by atoms with Gasteiger partial charge in [0.05, 0.1) is 16.3 Å². The molecule has 1 saturated heterocycles. The lowest BCUT2D eigenvalue weighted by Crippen LogP contribution is -2.45. The van der Waals surface area contributed by atoms with Crippen molar-refractivity contribution < 1.29 is 37.7 Å². The van der Waals surface area contributed by atoms with Gasteiger partial charge >= 0.3 is 11.8 Å². The third-order valence-electron chi connectivity index (χ3n) is 6.31. The molecule has 10 nitrogen and oxygen atoms in total. The minimum atomic E-state index is -4.69. The Bertz CT molecular complexity index is 1420. The topological polar surface area (TPSA) is 146 Å². The number of alkyl halides is 3. The number of halogens is 3. The highest BCUT2D eigenvalue weighted by atomic mass is 33.1. The van der Waals surface area contributed by atoms with E-state index >= 15 is 0 Å². The van der Waals surface area contributed by atoms with Crippen molar-refractivity contribution in [2.24, 2.45) is 10.2 Å². The van der Waals surface area contributed by atoms with Gasteiger partial charge in [-0.15, -0.1) is 10.2 Å². The molecule has 2 amide bonds. The zero-order chi connectivity index (χ0) is 28.7. The fourth-order valence-electron chi connectivity index (χ4n) is 3.95. The molecule has 4 N–H and O–H groups in total. The molecule has 40 heavy (non-hydrogen) atoms. The van der Waals surface area contributed by atoms with Crippen molar-refractivity contribution in [1.29, 1.82) is 0 Å². The summed E-state index contributed by atoms with van der Waals surface area (Å²) in [5.74, 6) is -1.71. The lowest BCUT2D eigenvalue weighted by atomic mass is 10.0. The fourth-order valence-corrected chi connectivity index (χ4v) is 7.81. The Morgan fingerprint density at radius 2 is 1.90 bits per heavy atom. The number of anilines is 1. The number of fused-ring (bicyclic) bond motifs is 1. The van der Waals surface area contributed by atoms with E-state index in [9.17, 15) is 33.0 Å². The van der Waals surface area contributed by atoms with Crippen LogP contribution < -0.4 is 10.6 Å². The predicted molar refractivity (Wildman–Crippen MR) is 146 cm³/mol. The maximum atomic E-state index is 13.3. The zero-order valence-corrected chi connectivity index (χ0v) is 23.1. The van der Waals surface area contributed by atoms with Gasteiger partial charge in [-0.05, 0) is 25.5 Å². The summed E-state index contributed by atoms with van der Waals surface area (Å²) in [4.78, 5) is 30.5. The summed E-state index contributed by atoms with van der Waals surface area (Å²) < 4.78 is 46.0. The number of aromatic hydroxyl groups is 2. The first-order chi connectivity index (χ1) is 19.0. The molecule has 16 heteroatoms. The number of aromatic nitrogens is 1. The van der Waals surface area contributed by atoms with Crippen LogP contribution in [0.2, 0.25) is 0 Å². The lowest BCUT2D eigenvalue weighted by Gasteiger charge is -2.19. The minimum Gasteiger partial charge on any atom is -0.504 e. The third-order valence-corrected chi connectivity index (χ3v) is 10.3. The van der Waals surface area contributed by atoms with Crippen LogP contribution in [0.3, 0.4) is 0 Å². The monoisotopic (exact) mass is 613 g/mol. The summed E-state index contributed by atoms with van der Waals surface area (Å²) in [6, 6.07) is 6.28. The summed E-state index contributed by atoms with van der Waals surface area (Å²) >= 11 is 1.07. The highest BCUT2D eigenvalue weighted by Gasteiger charge is 2.65. The molecule has 3 aromatic rings. The molecule has 0 radical (unpaired) electrons. The quantitative estimate of drug-likeness (QED) is 0.191. The smallest absolute Gasteiger partial charge is 0.442 e. The Balaban J connectivity index is 1.29. The molecule has 5 rings (SSSR count). The molecule has 3 atom stereocenters. The number of ether oxygens (including phenoxy) is 1. The van der Waals surface area contributed by atoms with E-state index in [1.165, 1.54) is 35.1 Å². The maximum Gasteiger partial charge on any atom is 0.442 e. The lowest BCUT2D eigenvalue weighted by molar-refractivity contribution is -0.166. The minimum absolute atomic E-state index is 0.0541. The van der Waals surface area contributed by atoms with Crippen molar-refractivity contribution in [3.8, 4) is 11.5 Å². The Labute approximate surface area is 237 Å². The largest absolute Gasteiger partial charge is 0.504 e. The van der Waals surface area contributed by atoms with Crippen LogP contribution in [0.25, 0.3) is 10.2 Å². The van der Waals surface area contributed by atoms with E-state index in [0.717, 1.165) is 29.9 Å². The SMILES string of the molecule is CC1OCCC1SSC[C@@H](NC(=O)c1ccc(C2(C(F)(F)F)N=N2)cc1)C(=O)Nc1nc2cc(O)c(O)cc2s1. The van der Waals surface area contributed by atoms with Crippen molar-refractivity contribution >= 4 is 60.1 Å². The van der Waals surface area contributed by atoms with Gasteiger partial charge in [0.15, 0.2) is 16.6 Å². The molecule has 212 valence electrons. The normalized spacial score (nSPS) is 20.4. The molecule has 0 aliphatic carbocycles. The number of carbonyl (C=O) groups excluding carboxylic acids is 2. The first-order valence-corrected chi connectivity index (χ1v) is 15.1. The molecule has 1 fully saturated rings. The van der Waals surface area contributed by atoms with Gasteiger partial charge in [-0.25, -0.2) is 4.98 Å². The highest BCUT2D eigenvalue weighted by molar-refractivity contribution is 8.77. The van der Waals surface area contributed by atoms with Gasteiger partial charge in [-0.2, -0.15) is 13.2 Å². The molecular formula is C24H22F3N5O5S3. The number of hydrogen-bond donors (Lipinski definition) is 4. The highest BCUT2D eigenvalue weighted by Crippen LogP contribution is 2.52. The standard InChI is InChI=1S/C24H22F3N5O5S3/c1-11-18(6-7-37-11)40-38-10-15(21(36)30-22-29-14-8-16(33)17(34)9-19(14)39-22)28-20(35)12-2-4-13(5-3-12)23(31-32-23)24(25,26)27/h2-5,8-9,11,15,18,33-34H,6-7,10H2,1H3,(H,28,35)(H,29,30,36)/t11?,15-,18?/m1/s1. The molecule has 2 unspecified atom stereocenters. The molecule has 0 bridgehead atoms. The van der Waals surface area contributed by atoms with E-state index < -0.39 is 29.7 Å². The molecular weight excluding hydrogens is 591 g/mol. The first kappa shape index (κ1) is 28.4. The van der Waals surface area contributed by atoms with E-state index in [0.29, 0.717) is 16.8 Å². The van der Waals surface area contributed by atoms with Gasteiger partial charge in [-0.1, -0.05) is 45.1 Å². The third kappa shape index (κ3) is 5.84. The number of thiazole rings is 1. The van der Waals surface area contributed by atoms with Crippen LogP contribution >= 0.6 is 32.9 Å². The van der Waals surface area contributed by atoms with Gasteiger partial charge in [0, 0.05) is 40.9 Å². The van der Waals surface area contributed by atoms with Crippen LogP contribution in [-0.4, -0.2) is 62.9 Å². The average molecular weight is 614 g/mol. The van der Waals surface area contributed by atoms with Crippen molar-refractivity contribution in [3.05, 3.63) is 47.5 Å². The first-order valence-electron chi connectivity index (χ1n) is 11.9. The number of phenolic OH excluding ortho intramolecular Hbond substituents is 2. The van der Waals surface area contributed by atoms with E-state index in [1.54, 1.807) is 10.8 Å². The zero-order valence-electron chi connectivity index (χ0n) is 20.6. The number of carbonyl (C=O) groups is 2. The van der Waals surface area contributed by atoms with E-state index in [1.807, 2.05) is 6.92 Å². The van der Waals surface area contributed by atoms with Crippen molar-refractivity contribution in [2.45, 2.75) is 42.6 Å². The number of nitrogens with zero attached hydrogens (tertiary/aromatic N) is 3. The summed E-state index contributed by atoms with van der Waals surface area (Å²) in [6.07, 6.45) is -3.77. The fraction of sp³-hybridized carbons (Fsp3) is 0.375. The number of benzene rings is 2. The molecule has 0 spiro atoms. The molecule has 2 aliphatic rings. The Kier molecular flexibility index (Phi) is 7.87. The van der Waals surface area contributed by atoms with Crippen LogP contribution in [0, 0.1) is 0 Å². The molecule has 2 aliphatic heterocycles. The Morgan fingerprint density at radius 3 is 2.52 bits per heavy atom. The van der Waals surface area contributed by atoms with Gasteiger partial charge < -0.3 is 25.6 Å². The summed E-state index contributed by atoms with van der Waals surface area (Å²) in [7, 11) is 2.94. The van der Waals surface area contributed by atoms with Crippen molar-refractivity contribution in [2.75, 3.05) is 17.7 Å². The number of nitrogens with one attached hydrogen (secondary N) is 2. The molecule has 2 aromatic carbocycles. The van der Waals surface area contributed by atoms with Crippen LogP contribution in [0.15, 0.2) is 46.6 Å². The second-order valence-corrected chi connectivity index (χ2v) is 12.8. The average Bonchev–Trinajstić information content (AvgIpc) is 3.52. The Morgan fingerprint density at radius 1 is 1.20 bits per heavy atom. The van der Waals surface area contributed by atoms with Crippen molar-refractivity contribution in [1.82, 2.24) is 10.3 Å². The van der Waals surface area contributed by atoms with Crippen molar-refractivity contribution in [3.63, 3.8) is 0 Å². The van der Waals surface area contributed by atoms with E-state index in [2.05, 4.69) is 25.8 Å². The molecule has 3 heterocycles. The summed E-state index contributed by atoms with van der Waals surface area (Å²) in [5, 5.41) is 31.5. The predicted octanol–water partition coefficient (Wildman–Crippen LogP) is 5.18. The van der Waals surface area contributed by atoms with Crippen LogP contribution in [0.5, 0.6) is 11.5 Å². The second kappa shape index (κ2) is 11.1. The van der Waals surface area contributed by atoms with Crippen LogP contribution in [0.4, 0.5) is 18.3 Å². The van der Waals surface area contributed by atoms with Crippen LogP contribution in [0.1, 0.15) is 29.3 Å². The maximum absolute atomic E-state index is 13.3. The van der Waals surface area contributed by atoms with Gasteiger partial charge in [0.25, 0.3) is 5.91 Å². The Hall–Kier alpha value is -3.08.